The van der Waals surface area contributed by atoms with Gasteiger partial charge >= 0.3 is 0 Å². The van der Waals surface area contributed by atoms with Gasteiger partial charge in [-0.2, -0.15) is 0 Å². The van der Waals surface area contributed by atoms with Gasteiger partial charge in [-0.15, -0.1) is 0 Å². The summed E-state index contributed by atoms with van der Waals surface area (Å²) in [6.45, 7) is 8.50. The van der Waals surface area contributed by atoms with Crippen LogP contribution in [0.15, 0.2) is 33.5 Å². The molecule has 0 aliphatic rings. The summed E-state index contributed by atoms with van der Waals surface area (Å²) in [6.07, 6.45) is 8.32. The molecule has 0 radical (unpaired) electrons. The lowest BCUT2D eigenvalue weighted by atomic mass is 9.88. The van der Waals surface area contributed by atoms with Crippen LogP contribution in [-0.4, -0.2) is 5.78 Å². The van der Waals surface area contributed by atoms with Gasteiger partial charge in [-0.1, -0.05) is 27.7 Å². The zero-order valence-corrected chi connectivity index (χ0v) is 15.4. The van der Waals surface area contributed by atoms with Crippen LogP contribution < -0.4 is 0 Å². The Bertz CT molecular complexity index is 581. The van der Waals surface area contributed by atoms with Crippen LogP contribution in [0, 0.1) is 0 Å². The predicted octanol–water partition coefficient (Wildman–Crippen LogP) is 6.03. The lowest BCUT2D eigenvalue weighted by Gasteiger charge is -2.17. The maximum atomic E-state index is 12.7. The molecule has 2 atom stereocenters. The van der Waals surface area contributed by atoms with Crippen molar-refractivity contribution < 1.29 is 13.6 Å². The second kappa shape index (κ2) is 8.91. The molecule has 0 aliphatic carbocycles. The smallest absolute Gasteiger partial charge is 0.134 e. The summed E-state index contributed by atoms with van der Waals surface area (Å²) in [5.41, 5.74) is 2.45. The average molecular weight is 330 g/mol. The monoisotopic (exact) mass is 330 g/mol. The van der Waals surface area contributed by atoms with Gasteiger partial charge in [0, 0.05) is 24.7 Å². The number of furan rings is 2. The van der Waals surface area contributed by atoms with Crippen molar-refractivity contribution in [1.29, 1.82) is 0 Å². The van der Waals surface area contributed by atoms with Crippen LogP contribution in [0.2, 0.25) is 0 Å². The molecule has 0 saturated carbocycles. The standard InChI is InChI=1S/C21H30O3/c1-5-15-9-11-23-20(15)17(7-3)13-19(22)14-18(8-4)21-16(6-2)10-12-24-21/h9-12,17-18H,5-8,13-14H2,1-4H3. The predicted molar refractivity (Wildman–Crippen MR) is 96.5 cm³/mol. The van der Waals surface area contributed by atoms with Crippen molar-refractivity contribution in [2.24, 2.45) is 0 Å². The molecule has 2 aromatic heterocycles. The zero-order valence-electron chi connectivity index (χ0n) is 15.4. The van der Waals surface area contributed by atoms with E-state index in [2.05, 4.69) is 27.7 Å². The number of Topliss-reactive ketones (excluding diaryl/α,β-unsaturated/α-hetero) is 1. The molecule has 0 spiro atoms. The molecule has 2 heterocycles. The molecule has 3 nitrogen and oxygen atoms in total. The molecule has 0 N–H and O–H groups in total. The van der Waals surface area contributed by atoms with Gasteiger partial charge in [0.05, 0.1) is 12.5 Å². The lowest BCUT2D eigenvalue weighted by molar-refractivity contribution is -0.120. The number of rotatable bonds is 10. The Labute approximate surface area is 145 Å². The third-order valence-electron chi connectivity index (χ3n) is 5.00. The van der Waals surface area contributed by atoms with E-state index < -0.39 is 0 Å². The maximum Gasteiger partial charge on any atom is 0.134 e. The summed E-state index contributed by atoms with van der Waals surface area (Å²) in [6, 6.07) is 4.04. The first kappa shape index (κ1) is 18.6. The Morgan fingerprint density at radius 3 is 1.58 bits per heavy atom. The summed E-state index contributed by atoms with van der Waals surface area (Å²) in [7, 11) is 0. The van der Waals surface area contributed by atoms with Crippen LogP contribution in [0.1, 0.15) is 87.9 Å². The van der Waals surface area contributed by atoms with E-state index in [9.17, 15) is 4.79 Å². The minimum absolute atomic E-state index is 0.183. The van der Waals surface area contributed by atoms with Crippen molar-refractivity contribution >= 4 is 5.78 Å². The van der Waals surface area contributed by atoms with Gasteiger partial charge in [0.15, 0.2) is 0 Å². The molecule has 0 aromatic carbocycles. The third kappa shape index (κ3) is 4.19. The van der Waals surface area contributed by atoms with E-state index >= 15 is 0 Å². The Balaban J connectivity index is 2.05. The van der Waals surface area contributed by atoms with Crippen molar-refractivity contribution in [2.75, 3.05) is 0 Å². The molecule has 3 heteroatoms. The van der Waals surface area contributed by atoms with Gasteiger partial charge in [0.2, 0.25) is 0 Å². The van der Waals surface area contributed by atoms with E-state index in [1.54, 1.807) is 12.5 Å². The number of hydrogen-bond donors (Lipinski definition) is 0. The fourth-order valence-electron chi connectivity index (χ4n) is 3.47. The van der Waals surface area contributed by atoms with Crippen LogP contribution in [0.25, 0.3) is 0 Å². The molecule has 2 unspecified atom stereocenters. The van der Waals surface area contributed by atoms with Crippen LogP contribution in [0.5, 0.6) is 0 Å². The first-order chi connectivity index (χ1) is 11.6. The van der Waals surface area contributed by atoms with Gasteiger partial charge in [0.1, 0.15) is 17.3 Å². The minimum atomic E-state index is 0.183. The molecule has 132 valence electrons. The fraction of sp³-hybridized carbons (Fsp3) is 0.571. The Morgan fingerprint density at radius 2 is 1.25 bits per heavy atom. The van der Waals surface area contributed by atoms with Gasteiger partial charge in [-0.25, -0.2) is 0 Å². The van der Waals surface area contributed by atoms with E-state index in [0.717, 1.165) is 37.2 Å². The van der Waals surface area contributed by atoms with E-state index in [1.807, 2.05) is 12.1 Å². The Hall–Kier alpha value is -1.77. The molecule has 0 amide bonds. The van der Waals surface area contributed by atoms with Crippen molar-refractivity contribution in [3.8, 4) is 0 Å². The van der Waals surface area contributed by atoms with Crippen LogP contribution in [-0.2, 0) is 17.6 Å². The summed E-state index contributed by atoms with van der Waals surface area (Å²) in [5.74, 6) is 2.65. The number of carbonyl (C=O) groups excluding carboxylic acids is 1. The largest absolute Gasteiger partial charge is 0.469 e. The van der Waals surface area contributed by atoms with Crippen LogP contribution in [0.3, 0.4) is 0 Å². The van der Waals surface area contributed by atoms with Gasteiger partial charge in [0.25, 0.3) is 0 Å². The van der Waals surface area contributed by atoms with Gasteiger partial charge in [-0.3, -0.25) is 4.79 Å². The molecular formula is C21H30O3. The van der Waals surface area contributed by atoms with Crippen molar-refractivity contribution in [3.05, 3.63) is 47.3 Å². The molecular weight excluding hydrogens is 300 g/mol. The highest BCUT2D eigenvalue weighted by atomic mass is 16.3. The highest BCUT2D eigenvalue weighted by Gasteiger charge is 2.24. The molecule has 0 bridgehead atoms. The summed E-state index contributed by atoms with van der Waals surface area (Å²) >= 11 is 0. The summed E-state index contributed by atoms with van der Waals surface area (Å²) in [5, 5.41) is 0. The quantitative estimate of drug-likeness (QED) is 0.534. The van der Waals surface area contributed by atoms with E-state index in [1.165, 1.54) is 11.1 Å². The summed E-state index contributed by atoms with van der Waals surface area (Å²) in [4.78, 5) is 12.7. The highest BCUT2D eigenvalue weighted by molar-refractivity contribution is 5.80. The van der Waals surface area contributed by atoms with Crippen LogP contribution >= 0.6 is 0 Å². The number of ketones is 1. The normalized spacial score (nSPS) is 13.8. The second-order valence-electron chi connectivity index (χ2n) is 6.48. The first-order valence-electron chi connectivity index (χ1n) is 9.28. The molecule has 2 aromatic rings. The SMILES string of the molecule is CCc1ccoc1C(CC)CC(=O)CC(CC)c1occc1CC. The van der Waals surface area contributed by atoms with E-state index in [4.69, 9.17) is 8.83 Å². The first-order valence-corrected chi connectivity index (χ1v) is 9.28. The van der Waals surface area contributed by atoms with Crippen molar-refractivity contribution in [3.63, 3.8) is 0 Å². The third-order valence-corrected chi connectivity index (χ3v) is 5.00. The molecule has 0 saturated heterocycles. The maximum absolute atomic E-state index is 12.7. The van der Waals surface area contributed by atoms with Crippen LogP contribution in [0.4, 0.5) is 0 Å². The van der Waals surface area contributed by atoms with E-state index in [-0.39, 0.29) is 11.8 Å². The molecule has 24 heavy (non-hydrogen) atoms. The number of carbonyl (C=O) groups is 1. The topological polar surface area (TPSA) is 43.4 Å². The Morgan fingerprint density at radius 1 is 0.833 bits per heavy atom. The van der Waals surface area contributed by atoms with Crippen molar-refractivity contribution in [1.82, 2.24) is 0 Å². The average Bonchev–Trinajstić information content (AvgIpc) is 3.25. The molecule has 0 fully saturated rings. The minimum Gasteiger partial charge on any atom is -0.469 e. The zero-order chi connectivity index (χ0) is 17.5. The molecule has 0 aliphatic heterocycles. The van der Waals surface area contributed by atoms with Gasteiger partial charge < -0.3 is 8.83 Å². The fourth-order valence-corrected chi connectivity index (χ4v) is 3.47. The van der Waals surface area contributed by atoms with Gasteiger partial charge in [-0.05, 0) is 48.9 Å². The number of aryl methyl sites for hydroxylation is 2. The van der Waals surface area contributed by atoms with E-state index in [0.29, 0.717) is 18.6 Å². The second-order valence-corrected chi connectivity index (χ2v) is 6.48. The number of hydrogen-bond acceptors (Lipinski definition) is 3. The van der Waals surface area contributed by atoms with Crippen molar-refractivity contribution in [2.45, 2.75) is 78.1 Å². The summed E-state index contributed by atoms with van der Waals surface area (Å²) < 4.78 is 11.4. The highest BCUT2D eigenvalue weighted by Crippen LogP contribution is 2.32. The lowest BCUT2D eigenvalue weighted by Crippen LogP contribution is -2.12. The Kier molecular flexibility index (Phi) is 6.89. The molecule has 2 rings (SSSR count).